The van der Waals surface area contributed by atoms with Gasteiger partial charge in [-0.1, -0.05) is 0 Å². The molecule has 0 saturated carbocycles. The highest BCUT2D eigenvalue weighted by molar-refractivity contribution is 7.89. The molecule has 1 aliphatic heterocycles. The fraction of sp³-hybridized carbons (Fsp3) is 0.500. The molecule has 1 aromatic rings. The number of aromatic nitrogens is 2. The zero-order valence-electron chi connectivity index (χ0n) is 8.21. The van der Waals surface area contributed by atoms with Crippen molar-refractivity contribution in [3.05, 3.63) is 24.0 Å². The van der Waals surface area contributed by atoms with Crippen molar-refractivity contribution < 1.29 is 17.5 Å². The molecule has 16 heavy (non-hydrogen) atoms. The van der Waals surface area contributed by atoms with Crippen molar-refractivity contribution in [1.82, 2.24) is 9.97 Å². The molecule has 0 radical (unpaired) electrons. The van der Waals surface area contributed by atoms with Crippen LogP contribution in [0.2, 0.25) is 0 Å². The molecular weight excluding hydrogens is 237 g/mol. The van der Waals surface area contributed by atoms with Crippen LogP contribution in [-0.2, 0) is 14.8 Å². The van der Waals surface area contributed by atoms with Gasteiger partial charge in [0.2, 0.25) is 10.0 Å². The Balaban J connectivity index is 2.30. The summed E-state index contributed by atoms with van der Waals surface area (Å²) in [6.07, 6.45) is 1.97. The van der Waals surface area contributed by atoms with Gasteiger partial charge in [-0.15, -0.1) is 0 Å². The molecule has 8 heteroatoms. The molecule has 0 aliphatic carbocycles. The maximum Gasteiger partial charge on any atom is 0.215 e. The van der Waals surface area contributed by atoms with Crippen molar-refractivity contribution >= 4 is 10.0 Å². The molecule has 0 amide bonds. The number of nitrogens with two attached hydrogens (primary N) is 1. The average Bonchev–Trinajstić information content (AvgIpc) is 2.66. The summed E-state index contributed by atoms with van der Waals surface area (Å²) in [5.74, 6) is -0.872. The molecule has 0 bridgehead atoms. The minimum atomic E-state index is -3.71. The van der Waals surface area contributed by atoms with Crippen LogP contribution in [0, 0.1) is 5.82 Å². The largest absolute Gasteiger partial charge is 0.379 e. The van der Waals surface area contributed by atoms with E-state index in [1.165, 1.54) is 0 Å². The molecule has 0 spiro atoms. The molecular formula is C8H10FN3O3S. The van der Waals surface area contributed by atoms with Crippen molar-refractivity contribution in [3.8, 4) is 0 Å². The molecule has 2 rings (SSSR count). The molecule has 88 valence electrons. The lowest BCUT2D eigenvalue weighted by atomic mass is 10.1. The summed E-state index contributed by atoms with van der Waals surface area (Å²) < 4.78 is 40.2. The van der Waals surface area contributed by atoms with E-state index in [1.54, 1.807) is 0 Å². The maximum absolute atomic E-state index is 12.6. The van der Waals surface area contributed by atoms with Gasteiger partial charge in [0.05, 0.1) is 31.5 Å². The van der Waals surface area contributed by atoms with E-state index >= 15 is 0 Å². The Kier molecular flexibility index (Phi) is 2.87. The summed E-state index contributed by atoms with van der Waals surface area (Å²) in [6.45, 7) is 0.191. The van der Waals surface area contributed by atoms with Crippen LogP contribution in [-0.4, -0.2) is 36.8 Å². The van der Waals surface area contributed by atoms with Gasteiger partial charge >= 0.3 is 0 Å². The normalized spacial score (nSPS) is 25.9. The third-order valence-electron chi connectivity index (χ3n) is 2.42. The fourth-order valence-corrected chi connectivity index (χ4v) is 2.56. The van der Waals surface area contributed by atoms with Crippen LogP contribution in [0.25, 0.3) is 0 Å². The first kappa shape index (κ1) is 11.4. The van der Waals surface area contributed by atoms with Crippen LogP contribution in [0.3, 0.4) is 0 Å². The van der Waals surface area contributed by atoms with E-state index in [0.717, 1.165) is 12.4 Å². The van der Waals surface area contributed by atoms with Gasteiger partial charge < -0.3 is 4.74 Å². The third-order valence-corrected chi connectivity index (χ3v) is 3.73. The van der Waals surface area contributed by atoms with E-state index in [9.17, 15) is 12.8 Å². The van der Waals surface area contributed by atoms with Crippen molar-refractivity contribution in [2.75, 3.05) is 13.2 Å². The number of rotatable bonds is 2. The Bertz CT molecular complexity index is 476. The summed E-state index contributed by atoms with van der Waals surface area (Å²) in [5.41, 5.74) is 0. The smallest absolute Gasteiger partial charge is 0.215 e. The second kappa shape index (κ2) is 4.04. The second-order valence-electron chi connectivity index (χ2n) is 3.53. The highest BCUT2D eigenvalue weighted by Gasteiger charge is 2.39. The summed E-state index contributed by atoms with van der Waals surface area (Å²) in [7, 11) is -3.71. The lowest BCUT2D eigenvalue weighted by molar-refractivity contribution is 0.193. The van der Waals surface area contributed by atoms with Gasteiger partial charge in [-0.25, -0.2) is 27.9 Å². The monoisotopic (exact) mass is 247 g/mol. The summed E-state index contributed by atoms with van der Waals surface area (Å²) >= 11 is 0. The first-order chi connectivity index (χ1) is 7.48. The molecule has 2 heterocycles. The Morgan fingerprint density at radius 1 is 1.38 bits per heavy atom. The van der Waals surface area contributed by atoms with E-state index in [4.69, 9.17) is 9.88 Å². The van der Waals surface area contributed by atoms with Gasteiger partial charge in [0.25, 0.3) is 0 Å². The van der Waals surface area contributed by atoms with Crippen LogP contribution in [0.4, 0.5) is 4.39 Å². The SMILES string of the molecule is NS(=O)(=O)[C@@H]1COC[C@@H]1c1ncc(F)cn1. The molecule has 0 unspecified atom stereocenters. The van der Waals surface area contributed by atoms with Crippen molar-refractivity contribution in [1.29, 1.82) is 0 Å². The lowest BCUT2D eigenvalue weighted by Gasteiger charge is -2.13. The number of primary sulfonamides is 1. The standard InChI is InChI=1S/C8H10FN3O3S/c9-5-1-11-8(12-2-5)6-3-15-4-7(6)16(10,13)14/h1-2,6-7H,3-4H2,(H2,10,13,14)/t6-,7+/m0/s1. The lowest BCUT2D eigenvalue weighted by Crippen LogP contribution is -2.34. The van der Waals surface area contributed by atoms with E-state index in [0.29, 0.717) is 0 Å². The molecule has 1 aromatic heterocycles. The predicted octanol–water partition coefficient (Wildman–Crippen LogP) is -0.613. The highest BCUT2D eigenvalue weighted by Crippen LogP contribution is 2.26. The molecule has 2 N–H and O–H groups in total. The van der Waals surface area contributed by atoms with E-state index in [1.807, 2.05) is 0 Å². The van der Waals surface area contributed by atoms with Gasteiger partial charge in [0.1, 0.15) is 11.1 Å². The first-order valence-corrected chi connectivity index (χ1v) is 6.16. The molecule has 1 aliphatic rings. The molecule has 0 aromatic carbocycles. The molecule has 6 nitrogen and oxygen atoms in total. The van der Waals surface area contributed by atoms with Crippen LogP contribution in [0.1, 0.15) is 11.7 Å². The van der Waals surface area contributed by atoms with Crippen LogP contribution >= 0.6 is 0 Å². The predicted molar refractivity (Wildman–Crippen MR) is 52.4 cm³/mol. The minimum absolute atomic E-state index is 0.0181. The topological polar surface area (TPSA) is 95.2 Å². The Morgan fingerprint density at radius 2 is 2.00 bits per heavy atom. The zero-order chi connectivity index (χ0) is 11.8. The number of ether oxygens (including phenoxy) is 1. The Hall–Kier alpha value is -1.12. The molecule has 2 atom stereocenters. The van der Waals surface area contributed by atoms with Crippen LogP contribution < -0.4 is 5.14 Å². The maximum atomic E-state index is 12.6. The van der Waals surface area contributed by atoms with Gasteiger partial charge in [0, 0.05) is 0 Å². The number of hydrogen-bond acceptors (Lipinski definition) is 5. The molecule has 1 saturated heterocycles. The number of sulfonamides is 1. The average molecular weight is 247 g/mol. The van der Waals surface area contributed by atoms with Crippen molar-refractivity contribution in [3.63, 3.8) is 0 Å². The number of nitrogens with zero attached hydrogens (tertiary/aromatic N) is 2. The fourth-order valence-electron chi connectivity index (χ4n) is 1.61. The summed E-state index contributed by atoms with van der Waals surface area (Å²) in [6, 6.07) is 0. The summed E-state index contributed by atoms with van der Waals surface area (Å²) in [5, 5.41) is 4.20. The van der Waals surface area contributed by atoms with Crippen LogP contribution in [0.5, 0.6) is 0 Å². The number of halogens is 1. The third kappa shape index (κ3) is 2.18. The Labute approximate surface area is 91.7 Å². The van der Waals surface area contributed by atoms with Crippen molar-refractivity contribution in [2.24, 2.45) is 5.14 Å². The van der Waals surface area contributed by atoms with E-state index < -0.39 is 27.0 Å². The zero-order valence-corrected chi connectivity index (χ0v) is 9.02. The van der Waals surface area contributed by atoms with E-state index in [2.05, 4.69) is 9.97 Å². The van der Waals surface area contributed by atoms with E-state index in [-0.39, 0.29) is 19.0 Å². The Morgan fingerprint density at radius 3 is 2.56 bits per heavy atom. The van der Waals surface area contributed by atoms with Gasteiger partial charge in [-0.2, -0.15) is 0 Å². The van der Waals surface area contributed by atoms with Crippen LogP contribution in [0.15, 0.2) is 12.4 Å². The van der Waals surface area contributed by atoms with Gasteiger partial charge in [-0.05, 0) is 0 Å². The quantitative estimate of drug-likeness (QED) is 0.752. The van der Waals surface area contributed by atoms with Crippen molar-refractivity contribution in [2.45, 2.75) is 11.2 Å². The molecule has 1 fully saturated rings. The summed E-state index contributed by atoms with van der Waals surface area (Å²) in [4.78, 5) is 7.48. The highest BCUT2D eigenvalue weighted by atomic mass is 32.2. The minimum Gasteiger partial charge on any atom is -0.379 e. The number of hydrogen-bond donors (Lipinski definition) is 1. The second-order valence-corrected chi connectivity index (χ2v) is 5.31. The van der Waals surface area contributed by atoms with Gasteiger partial charge in [0.15, 0.2) is 5.82 Å². The first-order valence-electron chi connectivity index (χ1n) is 4.55. The van der Waals surface area contributed by atoms with Gasteiger partial charge in [-0.3, -0.25) is 0 Å².